The van der Waals surface area contributed by atoms with E-state index in [-0.39, 0.29) is 6.04 Å². The number of hydrogen-bond acceptors (Lipinski definition) is 3. The molecule has 0 aliphatic carbocycles. The van der Waals surface area contributed by atoms with Gasteiger partial charge >= 0.3 is 0 Å². The van der Waals surface area contributed by atoms with E-state index in [0.717, 1.165) is 94.0 Å². The summed E-state index contributed by atoms with van der Waals surface area (Å²) in [6.45, 7) is 2.09. The van der Waals surface area contributed by atoms with Crippen molar-refractivity contribution < 1.29 is 8.83 Å². The van der Waals surface area contributed by atoms with E-state index >= 15 is 0 Å². The Morgan fingerprint density at radius 1 is 0.484 bits per heavy atom. The quantitative estimate of drug-likeness (QED) is 0.128. The minimum absolute atomic E-state index is 0.232. The zero-order valence-corrected chi connectivity index (χ0v) is 34.9. The summed E-state index contributed by atoms with van der Waals surface area (Å²) in [5.74, 6) is 0.836. The molecule has 0 radical (unpaired) electrons. The van der Waals surface area contributed by atoms with E-state index in [9.17, 15) is 0 Å². The van der Waals surface area contributed by atoms with E-state index in [1.807, 2.05) is 54.6 Å². The van der Waals surface area contributed by atoms with E-state index in [1.165, 1.54) is 16.3 Å². The van der Waals surface area contributed by atoms with Gasteiger partial charge in [-0.25, -0.2) is 4.99 Å². The van der Waals surface area contributed by atoms with Gasteiger partial charge in [-0.1, -0.05) is 152 Å². The highest BCUT2D eigenvalue weighted by Crippen LogP contribution is 2.43. The molecule has 1 atom stereocenters. The van der Waals surface area contributed by atoms with Crippen molar-refractivity contribution in [1.29, 1.82) is 0 Å². The molecular weight excluding hydrogens is 785 g/mol. The molecule has 9 aromatic carbocycles. The Morgan fingerprint density at radius 2 is 1.08 bits per heavy atom. The minimum Gasteiger partial charge on any atom is -0.456 e. The van der Waals surface area contributed by atoms with E-state index in [2.05, 4.69) is 163 Å². The fourth-order valence-electron chi connectivity index (χ4n) is 9.34. The van der Waals surface area contributed by atoms with Crippen LogP contribution in [-0.4, -0.2) is 16.2 Å². The zero-order valence-electron chi connectivity index (χ0n) is 34.9. The number of nitrogens with two attached hydrogens (primary N) is 1. The molecule has 0 spiro atoms. The molecule has 2 N–H and O–H groups in total. The van der Waals surface area contributed by atoms with Gasteiger partial charge in [-0.15, -0.1) is 0 Å². The molecule has 1 unspecified atom stereocenters. The lowest BCUT2D eigenvalue weighted by Gasteiger charge is -2.12. The molecule has 3 aromatic heterocycles. The Labute approximate surface area is 368 Å². The van der Waals surface area contributed by atoms with E-state index in [4.69, 9.17) is 24.6 Å². The lowest BCUT2D eigenvalue weighted by Crippen LogP contribution is -2.16. The van der Waals surface area contributed by atoms with Crippen LogP contribution < -0.4 is 5.73 Å². The molecule has 0 amide bonds. The largest absolute Gasteiger partial charge is 0.456 e. The van der Waals surface area contributed by atoms with Crippen LogP contribution >= 0.6 is 0 Å². The van der Waals surface area contributed by atoms with Gasteiger partial charge < -0.3 is 19.1 Å². The van der Waals surface area contributed by atoms with Crippen molar-refractivity contribution in [2.24, 2.45) is 15.7 Å². The van der Waals surface area contributed by atoms with Gasteiger partial charge in [0, 0.05) is 54.7 Å². The molecule has 6 nitrogen and oxygen atoms in total. The predicted octanol–water partition coefficient (Wildman–Crippen LogP) is 14.8. The molecule has 0 aliphatic rings. The number of aromatic nitrogens is 1. The van der Waals surface area contributed by atoms with Gasteiger partial charge in [0.2, 0.25) is 0 Å². The van der Waals surface area contributed by atoms with Crippen LogP contribution in [0.25, 0.3) is 93.6 Å². The van der Waals surface area contributed by atoms with Crippen molar-refractivity contribution in [2.45, 2.75) is 13.0 Å². The number of amidine groups is 2. The van der Waals surface area contributed by atoms with Gasteiger partial charge in [0.05, 0.1) is 17.1 Å². The molecule has 0 saturated heterocycles. The molecule has 3 heterocycles. The second-order valence-electron chi connectivity index (χ2n) is 16.3. The van der Waals surface area contributed by atoms with Crippen LogP contribution in [0.1, 0.15) is 29.7 Å². The lowest BCUT2D eigenvalue weighted by atomic mass is 9.96. The fourth-order valence-corrected chi connectivity index (χ4v) is 9.34. The third-order valence-corrected chi connectivity index (χ3v) is 12.5. The van der Waals surface area contributed by atoms with Gasteiger partial charge in [0.25, 0.3) is 0 Å². The predicted molar refractivity (Wildman–Crippen MR) is 265 cm³/mol. The Bertz CT molecular complexity index is 3800. The summed E-state index contributed by atoms with van der Waals surface area (Å²) in [4.78, 5) is 10.4. The average Bonchev–Trinajstić information content (AvgIpc) is 4.03. The summed E-state index contributed by atoms with van der Waals surface area (Å²) in [6, 6.07) is 71.2. The average molecular weight is 825 g/mol. The highest BCUT2D eigenvalue weighted by atomic mass is 16.3. The third-order valence-electron chi connectivity index (χ3n) is 12.5. The van der Waals surface area contributed by atoms with E-state index < -0.39 is 0 Å². The maximum atomic E-state index is 6.91. The summed E-state index contributed by atoms with van der Waals surface area (Å²) < 4.78 is 15.4. The fraction of sp³-hybridized carbons (Fsp3) is 0.0345. The maximum absolute atomic E-state index is 6.91. The Morgan fingerprint density at radius 3 is 1.92 bits per heavy atom. The first kappa shape index (κ1) is 37.3. The second-order valence-corrected chi connectivity index (χ2v) is 16.3. The molecule has 0 fully saturated rings. The SMILES string of the molecule is CC(N=C(N=C(N)c1ccc2c(c1)oc1ccccc12)c1ccc2c(c1)oc1cccc(-c3cccc4c5ccccc5n(-c5ccccc5)c34)c12)c1ccc(-c2ccccc2)cc1. The number of rotatable bonds is 7. The number of nitrogens with zero attached hydrogens (tertiary/aromatic N) is 3. The van der Waals surface area contributed by atoms with Crippen LogP contribution in [0.3, 0.4) is 0 Å². The normalized spacial score (nSPS) is 13.0. The van der Waals surface area contributed by atoms with Crippen LogP contribution in [-0.2, 0) is 0 Å². The maximum Gasteiger partial charge on any atom is 0.157 e. The smallest absolute Gasteiger partial charge is 0.157 e. The van der Waals surface area contributed by atoms with Gasteiger partial charge in [0.1, 0.15) is 28.2 Å². The van der Waals surface area contributed by atoms with E-state index in [1.54, 1.807) is 0 Å². The molecule has 0 bridgehead atoms. The Hall–Kier alpha value is -8.48. The van der Waals surface area contributed by atoms with Gasteiger partial charge in [-0.3, -0.25) is 4.99 Å². The molecule has 304 valence electrons. The number of aliphatic imine (C=N–C) groups is 2. The molecule has 0 aliphatic heterocycles. The van der Waals surface area contributed by atoms with Crippen LogP contribution in [0.15, 0.2) is 225 Å². The van der Waals surface area contributed by atoms with Crippen LogP contribution in [0.2, 0.25) is 0 Å². The zero-order chi connectivity index (χ0) is 42.7. The van der Waals surface area contributed by atoms with Crippen molar-refractivity contribution in [1.82, 2.24) is 4.57 Å². The number of fused-ring (bicyclic) bond motifs is 9. The Balaban J connectivity index is 0.998. The highest BCUT2D eigenvalue weighted by Gasteiger charge is 2.21. The highest BCUT2D eigenvalue weighted by molar-refractivity contribution is 6.20. The summed E-state index contributed by atoms with van der Waals surface area (Å²) in [5, 5.41) is 6.55. The first-order valence-electron chi connectivity index (χ1n) is 21.6. The molecule has 0 saturated carbocycles. The standard InChI is InChI=1S/C58H40N4O2/c1-36(37-26-28-39(29-27-37)38-14-4-2-5-15-38)60-58(61-57(59)40-30-32-45-44-19-9-11-24-51(44)63-53(45)34-40)41-31-33-49-54(35-41)64-52-25-13-20-46(55(49)52)48-22-12-21-47-43-18-8-10-23-50(43)62(56(47)48)42-16-6-3-7-17-42/h2-36H,1H3,(H2,59,60,61). The van der Waals surface area contributed by atoms with Gasteiger partial charge in [0.15, 0.2) is 5.84 Å². The summed E-state index contributed by atoms with van der Waals surface area (Å²) >= 11 is 0. The second kappa shape index (κ2) is 15.2. The third kappa shape index (κ3) is 6.26. The van der Waals surface area contributed by atoms with Crippen molar-refractivity contribution in [2.75, 3.05) is 0 Å². The molecule has 64 heavy (non-hydrogen) atoms. The minimum atomic E-state index is -0.232. The summed E-state index contributed by atoms with van der Waals surface area (Å²) in [5.41, 5.74) is 20.6. The molecular formula is C58H40N4O2. The van der Waals surface area contributed by atoms with Crippen LogP contribution in [0.4, 0.5) is 0 Å². The first-order valence-corrected chi connectivity index (χ1v) is 21.6. The molecule has 12 rings (SSSR count). The molecule has 6 heteroatoms. The summed E-state index contributed by atoms with van der Waals surface area (Å²) in [7, 11) is 0. The first-order chi connectivity index (χ1) is 31.6. The number of furan rings is 2. The number of hydrogen-bond donors (Lipinski definition) is 1. The van der Waals surface area contributed by atoms with E-state index in [0.29, 0.717) is 11.7 Å². The number of benzene rings is 9. The summed E-state index contributed by atoms with van der Waals surface area (Å²) in [6.07, 6.45) is 0. The van der Waals surface area contributed by atoms with Gasteiger partial charge in [-0.2, -0.15) is 0 Å². The van der Waals surface area contributed by atoms with Crippen LogP contribution in [0.5, 0.6) is 0 Å². The lowest BCUT2D eigenvalue weighted by molar-refractivity contribution is 0.668. The van der Waals surface area contributed by atoms with Crippen molar-refractivity contribution >= 4 is 77.4 Å². The van der Waals surface area contributed by atoms with Gasteiger partial charge in [-0.05, 0) is 83.8 Å². The van der Waals surface area contributed by atoms with Crippen molar-refractivity contribution in [3.8, 4) is 27.9 Å². The number of para-hydroxylation sites is 4. The monoisotopic (exact) mass is 824 g/mol. The van der Waals surface area contributed by atoms with Crippen molar-refractivity contribution in [3.05, 3.63) is 223 Å². The Kier molecular flexibility index (Phi) is 8.83. The molecule has 12 aromatic rings. The topological polar surface area (TPSA) is 81.9 Å². The van der Waals surface area contributed by atoms with Crippen LogP contribution in [0, 0.1) is 0 Å². The van der Waals surface area contributed by atoms with Crippen molar-refractivity contribution in [3.63, 3.8) is 0 Å².